The topological polar surface area (TPSA) is 46.5 Å². The second kappa shape index (κ2) is 7.73. The zero-order valence-electron chi connectivity index (χ0n) is 24.3. The molecule has 0 unspecified atom stereocenters. The molecule has 5 fully saturated rings. The van der Waals surface area contributed by atoms with Gasteiger partial charge >= 0.3 is 5.97 Å². The van der Waals surface area contributed by atoms with Gasteiger partial charge in [0.1, 0.15) is 6.10 Å². The van der Waals surface area contributed by atoms with Crippen molar-refractivity contribution < 1.29 is 14.6 Å². The Labute approximate surface area is 215 Å². The molecule has 1 N–H and O–H groups in total. The average Bonchev–Trinajstić information content (AvgIpc) is 3.02. The molecule has 5 saturated carbocycles. The number of rotatable bonds is 2. The molecule has 0 heterocycles. The number of hydrogen-bond donors (Lipinski definition) is 1. The molecule has 5 rings (SSSR count). The molecule has 0 aromatic rings. The van der Waals surface area contributed by atoms with Gasteiger partial charge in [-0.2, -0.15) is 0 Å². The Bertz CT molecular complexity index is 878. The van der Waals surface area contributed by atoms with E-state index in [2.05, 4.69) is 55.4 Å². The van der Waals surface area contributed by atoms with Gasteiger partial charge in [-0.05, 0) is 115 Å². The zero-order valence-corrected chi connectivity index (χ0v) is 24.3. The highest BCUT2D eigenvalue weighted by molar-refractivity contribution is 5.66. The molecule has 0 aromatic heterocycles. The fourth-order valence-corrected chi connectivity index (χ4v) is 12.4. The van der Waals surface area contributed by atoms with Gasteiger partial charge in [0.2, 0.25) is 0 Å². The lowest BCUT2D eigenvalue weighted by atomic mass is 9.32. The molecular formula is C32H54O3. The van der Waals surface area contributed by atoms with Crippen molar-refractivity contribution in [3.63, 3.8) is 0 Å². The van der Waals surface area contributed by atoms with E-state index in [4.69, 9.17) is 4.74 Å². The van der Waals surface area contributed by atoms with Crippen LogP contribution in [0, 0.1) is 56.7 Å². The van der Waals surface area contributed by atoms with Gasteiger partial charge in [-0.15, -0.1) is 0 Å². The van der Waals surface area contributed by atoms with Crippen molar-refractivity contribution in [1.29, 1.82) is 0 Å². The lowest BCUT2D eigenvalue weighted by Crippen LogP contribution is -2.70. The summed E-state index contributed by atoms with van der Waals surface area (Å²) in [5.74, 6) is 2.85. The lowest BCUT2D eigenvalue weighted by Gasteiger charge is -2.74. The lowest BCUT2D eigenvalue weighted by molar-refractivity contribution is -0.282. The molecule has 0 aromatic carbocycles. The minimum Gasteiger partial charge on any atom is -0.462 e. The van der Waals surface area contributed by atoms with Crippen LogP contribution in [0.4, 0.5) is 0 Å². The number of ether oxygens (including phenoxy) is 1. The summed E-state index contributed by atoms with van der Waals surface area (Å²) in [7, 11) is 0. The second-order valence-corrected chi connectivity index (χ2v) is 15.8. The van der Waals surface area contributed by atoms with E-state index < -0.39 is 5.60 Å². The maximum Gasteiger partial charge on any atom is 0.302 e. The first-order valence-electron chi connectivity index (χ1n) is 15.0. The third kappa shape index (κ3) is 3.09. The van der Waals surface area contributed by atoms with Crippen LogP contribution in [-0.4, -0.2) is 22.8 Å². The van der Waals surface area contributed by atoms with Crippen molar-refractivity contribution in [2.75, 3.05) is 0 Å². The van der Waals surface area contributed by atoms with E-state index in [-0.39, 0.29) is 39.1 Å². The number of carbonyl (C=O) groups is 1. The summed E-state index contributed by atoms with van der Waals surface area (Å²) >= 11 is 0. The summed E-state index contributed by atoms with van der Waals surface area (Å²) in [6.07, 6.45) is 11.8. The van der Waals surface area contributed by atoms with Gasteiger partial charge < -0.3 is 9.84 Å². The second-order valence-electron chi connectivity index (χ2n) is 15.8. The summed E-state index contributed by atoms with van der Waals surface area (Å²) in [6, 6.07) is 0. The Morgan fingerprint density at radius 2 is 1.34 bits per heavy atom. The number of fused-ring (bicyclic) bond motifs is 7. The Balaban J connectivity index is 1.50. The Kier molecular flexibility index (Phi) is 5.76. The van der Waals surface area contributed by atoms with Crippen LogP contribution in [0.1, 0.15) is 127 Å². The maximum absolute atomic E-state index is 12.6. The Hall–Kier alpha value is -0.570. The van der Waals surface area contributed by atoms with E-state index in [9.17, 15) is 9.90 Å². The van der Waals surface area contributed by atoms with Crippen molar-refractivity contribution >= 4 is 5.97 Å². The van der Waals surface area contributed by atoms with E-state index in [0.29, 0.717) is 29.6 Å². The van der Waals surface area contributed by atoms with Crippen LogP contribution in [0.25, 0.3) is 0 Å². The molecule has 0 amide bonds. The van der Waals surface area contributed by atoms with Crippen molar-refractivity contribution in [1.82, 2.24) is 0 Å². The molecule has 3 heteroatoms. The number of esters is 1. The first-order chi connectivity index (χ1) is 16.1. The predicted molar refractivity (Wildman–Crippen MR) is 142 cm³/mol. The van der Waals surface area contributed by atoms with Crippen LogP contribution in [-0.2, 0) is 9.53 Å². The Morgan fingerprint density at radius 1 is 0.743 bits per heavy atom. The summed E-state index contributed by atoms with van der Waals surface area (Å²) in [5.41, 5.74) is 0.309. The highest BCUT2D eigenvalue weighted by Gasteiger charge is 2.74. The molecule has 35 heavy (non-hydrogen) atoms. The average molecular weight is 487 g/mol. The van der Waals surface area contributed by atoms with E-state index in [1.165, 1.54) is 44.9 Å². The van der Waals surface area contributed by atoms with E-state index in [1.54, 1.807) is 6.92 Å². The highest BCUT2D eigenvalue weighted by atomic mass is 16.5. The summed E-state index contributed by atoms with van der Waals surface area (Å²) in [4.78, 5) is 11.9. The van der Waals surface area contributed by atoms with Gasteiger partial charge in [-0.1, -0.05) is 55.4 Å². The molecule has 10 atom stereocenters. The van der Waals surface area contributed by atoms with Crippen molar-refractivity contribution in [2.45, 2.75) is 138 Å². The van der Waals surface area contributed by atoms with Crippen LogP contribution >= 0.6 is 0 Å². The van der Waals surface area contributed by atoms with E-state index in [0.717, 1.165) is 19.3 Å². The first-order valence-corrected chi connectivity index (χ1v) is 15.0. The van der Waals surface area contributed by atoms with Crippen molar-refractivity contribution in [3.8, 4) is 0 Å². The molecular weight excluding hydrogens is 432 g/mol. The van der Waals surface area contributed by atoms with Gasteiger partial charge in [0.05, 0.1) is 5.60 Å². The molecule has 0 radical (unpaired) electrons. The molecule has 0 saturated heterocycles. The smallest absolute Gasteiger partial charge is 0.302 e. The van der Waals surface area contributed by atoms with E-state index in [1.807, 2.05) is 0 Å². The van der Waals surface area contributed by atoms with Gasteiger partial charge in [-0.25, -0.2) is 0 Å². The third-order valence-corrected chi connectivity index (χ3v) is 14.3. The molecule has 200 valence electrons. The van der Waals surface area contributed by atoms with E-state index >= 15 is 0 Å². The van der Waals surface area contributed by atoms with Gasteiger partial charge in [0.25, 0.3) is 0 Å². The first kappa shape index (κ1) is 26.1. The maximum atomic E-state index is 12.6. The van der Waals surface area contributed by atoms with Crippen LogP contribution in [0.3, 0.4) is 0 Å². The molecule has 3 nitrogen and oxygen atoms in total. The van der Waals surface area contributed by atoms with Crippen LogP contribution < -0.4 is 0 Å². The number of hydrogen-bond acceptors (Lipinski definition) is 3. The number of carbonyl (C=O) groups excluding carboxylic acids is 1. The summed E-state index contributed by atoms with van der Waals surface area (Å²) in [6.45, 7) is 21.4. The summed E-state index contributed by atoms with van der Waals surface area (Å²) < 4.78 is 5.90. The molecule has 0 spiro atoms. The van der Waals surface area contributed by atoms with Gasteiger partial charge in [-0.3, -0.25) is 4.79 Å². The predicted octanol–water partition coefficient (Wildman–Crippen LogP) is 7.79. The molecule has 5 aliphatic carbocycles. The third-order valence-electron chi connectivity index (χ3n) is 14.3. The van der Waals surface area contributed by atoms with Crippen LogP contribution in [0.15, 0.2) is 0 Å². The summed E-state index contributed by atoms with van der Waals surface area (Å²) in [5, 5.41) is 12.6. The molecule has 0 aliphatic heterocycles. The van der Waals surface area contributed by atoms with Crippen LogP contribution in [0.2, 0.25) is 0 Å². The SMILES string of the molecule is CC(=O)O[C@@H]1CC[C@]2(C)[C@H]3CC[C@@H]4[C@]5(O)CC[C@H](C(C)C)[C@@]5(C)CC[C@@]4(C)[C@]3(C)CC[C@H]2C1(C)C. The van der Waals surface area contributed by atoms with Crippen molar-refractivity contribution in [3.05, 3.63) is 0 Å². The largest absolute Gasteiger partial charge is 0.462 e. The Morgan fingerprint density at radius 3 is 1.97 bits per heavy atom. The zero-order chi connectivity index (χ0) is 25.8. The van der Waals surface area contributed by atoms with Gasteiger partial charge in [0, 0.05) is 12.3 Å². The molecule has 5 aliphatic rings. The normalized spacial score (nSPS) is 54.9. The monoisotopic (exact) mass is 486 g/mol. The molecule has 0 bridgehead atoms. The minimum atomic E-state index is -0.507. The fraction of sp³-hybridized carbons (Fsp3) is 0.969. The highest BCUT2D eigenvalue weighted by Crippen LogP contribution is 2.78. The van der Waals surface area contributed by atoms with Crippen molar-refractivity contribution in [2.24, 2.45) is 56.7 Å². The van der Waals surface area contributed by atoms with Gasteiger partial charge in [0.15, 0.2) is 0 Å². The number of aliphatic hydroxyl groups is 1. The van der Waals surface area contributed by atoms with Crippen LogP contribution in [0.5, 0.6) is 0 Å². The fourth-order valence-electron chi connectivity index (χ4n) is 12.4. The quantitative estimate of drug-likeness (QED) is 0.405. The minimum absolute atomic E-state index is 0.0109. The standard InChI is InChI=1S/C32H54O3/c1-20(2)22-12-17-32(34)25-11-10-24-28(6)15-14-26(35-21(3)33)27(4,5)23(28)13-16-30(24,8)31(25,9)19-18-29(22,32)7/h20,22-26,34H,10-19H2,1-9H3/t22-,23+,24-,25+,26-,28+,29-,30-,31-,32-/m1/s1.